The summed E-state index contributed by atoms with van der Waals surface area (Å²) in [6, 6.07) is 8.76. The molecule has 0 radical (unpaired) electrons. The Hall–Kier alpha value is -3.29. The Morgan fingerprint density at radius 3 is 2.68 bits per heavy atom. The molecule has 1 aliphatic heterocycles. The van der Waals surface area contributed by atoms with Crippen molar-refractivity contribution in [1.82, 2.24) is 16.2 Å². The summed E-state index contributed by atoms with van der Waals surface area (Å²) in [5.74, 6) is 0.191. The standard InChI is InChI=1S/C17H16FN3O4/c1-10-2-3-11(6-13(10)18)8-19-17(23)21-20-16(22)12-4-5-14-15(7-12)25-9-24-14/h2-7H,8-9H2,1H3,(H,20,22)(H2,19,21,23). The van der Waals surface area contributed by atoms with Gasteiger partial charge in [-0.25, -0.2) is 14.6 Å². The molecule has 8 heteroatoms. The van der Waals surface area contributed by atoms with E-state index in [1.807, 2.05) is 0 Å². The van der Waals surface area contributed by atoms with E-state index >= 15 is 0 Å². The van der Waals surface area contributed by atoms with Crippen LogP contribution in [0.3, 0.4) is 0 Å². The Labute approximate surface area is 143 Å². The predicted molar refractivity (Wildman–Crippen MR) is 86.5 cm³/mol. The molecule has 2 aromatic rings. The number of carbonyl (C=O) groups excluding carboxylic acids is 2. The topological polar surface area (TPSA) is 88.7 Å². The van der Waals surface area contributed by atoms with E-state index in [-0.39, 0.29) is 19.2 Å². The summed E-state index contributed by atoms with van der Waals surface area (Å²) in [5, 5.41) is 2.52. The first-order valence-corrected chi connectivity index (χ1v) is 7.52. The molecule has 0 fully saturated rings. The minimum atomic E-state index is -0.616. The van der Waals surface area contributed by atoms with Crippen molar-refractivity contribution in [2.75, 3.05) is 6.79 Å². The van der Waals surface area contributed by atoms with Gasteiger partial charge in [0.15, 0.2) is 11.5 Å². The van der Waals surface area contributed by atoms with Crippen LogP contribution in [0.5, 0.6) is 11.5 Å². The van der Waals surface area contributed by atoms with E-state index in [0.717, 1.165) is 0 Å². The number of urea groups is 1. The quantitative estimate of drug-likeness (QED) is 0.743. The van der Waals surface area contributed by atoms with Gasteiger partial charge in [-0.2, -0.15) is 0 Å². The number of benzene rings is 2. The number of ether oxygens (including phenoxy) is 2. The number of nitrogens with one attached hydrogen (secondary N) is 3. The van der Waals surface area contributed by atoms with E-state index < -0.39 is 11.9 Å². The maximum Gasteiger partial charge on any atom is 0.333 e. The lowest BCUT2D eigenvalue weighted by Gasteiger charge is -2.10. The van der Waals surface area contributed by atoms with Crippen LogP contribution in [-0.2, 0) is 6.54 Å². The second-order valence-electron chi connectivity index (χ2n) is 5.41. The highest BCUT2D eigenvalue weighted by Gasteiger charge is 2.16. The van der Waals surface area contributed by atoms with E-state index in [1.165, 1.54) is 12.1 Å². The number of hydrogen-bond donors (Lipinski definition) is 3. The molecule has 25 heavy (non-hydrogen) atoms. The van der Waals surface area contributed by atoms with E-state index in [0.29, 0.717) is 28.2 Å². The molecular weight excluding hydrogens is 329 g/mol. The number of halogens is 1. The predicted octanol–water partition coefficient (Wildman–Crippen LogP) is 2.01. The zero-order valence-corrected chi connectivity index (χ0v) is 13.4. The maximum atomic E-state index is 13.4. The Balaban J connectivity index is 1.48. The highest BCUT2D eigenvalue weighted by Crippen LogP contribution is 2.32. The first-order chi connectivity index (χ1) is 12.0. The molecule has 0 saturated heterocycles. The summed E-state index contributed by atoms with van der Waals surface area (Å²) in [6.45, 7) is 1.90. The molecule has 0 bridgehead atoms. The molecule has 0 aromatic heterocycles. The lowest BCUT2D eigenvalue weighted by atomic mass is 10.1. The number of amides is 3. The first kappa shape index (κ1) is 16.6. The summed E-state index contributed by atoms with van der Waals surface area (Å²) < 4.78 is 23.8. The summed E-state index contributed by atoms with van der Waals surface area (Å²) >= 11 is 0. The maximum absolute atomic E-state index is 13.4. The van der Waals surface area contributed by atoms with E-state index in [1.54, 1.807) is 31.2 Å². The van der Waals surface area contributed by atoms with Gasteiger partial charge in [-0.3, -0.25) is 10.2 Å². The van der Waals surface area contributed by atoms with Crippen LogP contribution in [-0.4, -0.2) is 18.7 Å². The molecule has 3 rings (SSSR count). The third-order valence-electron chi connectivity index (χ3n) is 3.61. The molecule has 3 amide bonds. The Morgan fingerprint density at radius 2 is 1.88 bits per heavy atom. The minimum absolute atomic E-state index is 0.112. The molecule has 2 aromatic carbocycles. The van der Waals surface area contributed by atoms with Gasteiger partial charge < -0.3 is 14.8 Å². The highest BCUT2D eigenvalue weighted by molar-refractivity contribution is 5.95. The smallest absolute Gasteiger partial charge is 0.333 e. The fourth-order valence-corrected chi connectivity index (χ4v) is 2.20. The average molecular weight is 345 g/mol. The van der Waals surface area contributed by atoms with Gasteiger partial charge in [-0.05, 0) is 42.3 Å². The van der Waals surface area contributed by atoms with Crippen LogP contribution in [0.2, 0.25) is 0 Å². The molecule has 3 N–H and O–H groups in total. The van der Waals surface area contributed by atoms with Gasteiger partial charge in [0.25, 0.3) is 5.91 Å². The van der Waals surface area contributed by atoms with E-state index in [4.69, 9.17) is 9.47 Å². The van der Waals surface area contributed by atoms with Crippen LogP contribution in [0.4, 0.5) is 9.18 Å². The number of carbonyl (C=O) groups is 2. The van der Waals surface area contributed by atoms with Crippen LogP contribution in [0.15, 0.2) is 36.4 Å². The molecule has 0 aliphatic carbocycles. The van der Waals surface area contributed by atoms with Gasteiger partial charge in [0.05, 0.1) is 0 Å². The molecule has 1 aliphatic rings. The average Bonchev–Trinajstić information content (AvgIpc) is 3.08. The van der Waals surface area contributed by atoms with Crippen LogP contribution >= 0.6 is 0 Å². The number of aryl methyl sites for hydroxylation is 1. The van der Waals surface area contributed by atoms with Gasteiger partial charge in [0.1, 0.15) is 5.82 Å². The van der Waals surface area contributed by atoms with Crippen LogP contribution < -0.4 is 25.6 Å². The van der Waals surface area contributed by atoms with Crippen molar-refractivity contribution < 1.29 is 23.5 Å². The van der Waals surface area contributed by atoms with Crippen LogP contribution in [0.25, 0.3) is 0 Å². The lowest BCUT2D eigenvalue weighted by molar-refractivity contribution is 0.0936. The van der Waals surface area contributed by atoms with E-state index in [2.05, 4.69) is 16.2 Å². The van der Waals surface area contributed by atoms with Crippen molar-refractivity contribution in [3.8, 4) is 11.5 Å². The summed E-state index contributed by atoms with van der Waals surface area (Å²) in [5.41, 5.74) is 5.96. The minimum Gasteiger partial charge on any atom is -0.454 e. The van der Waals surface area contributed by atoms with Gasteiger partial charge >= 0.3 is 6.03 Å². The summed E-state index contributed by atoms with van der Waals surface area (Å²) in [6.07, 6.45) is 0. The SMILES string of the molecule is Cc1ccc(CNC(=O)NNC(=O)c2ccc3c(c2)OCO3)cc1F. The van der Waals surface area contributed by atoms with Gasteiger partial charge in [-0.15, -0.1) is 0 Å². The second kappa shape index (κ2) is 7.08. The van der Waals surface area contributed by atoms with Crippen molar-refractivity contribution >= 4 is 11.9 Å². The van der Waals surface area contributed by atoms with Gasteiger partial charge in [0, 0.05) is 12.1 Å². The zero-order valence-electron chi connectivity index (χ0n) is 13.4. The highest BCUT2D eigenvalue weighted by atomic mass is 19.1. The fourth-order valence-electron chi connectivity index (χ4n) is 2.20. The van der Waals surface area contributed by atoms with E-state index in [9.17, 15) is 14.0 Å². The van der Waals surface area contributed by atoms with Crippen molar-refractivity contribution in [2.45, 2.75) is 13.5 Å². The monoisotopic (exact) mass is 345 g/mol. The molecule has 130 valence electrons. The Kier molecular flexibility index (Phi) is 4.69. The molecule has 0 atom stereocenters. The molecule has 1 heterocycles. The van der Waals surface area contributed by atoms with Crippen molar-refractivity contribution in [1.29, 1.82) is 0 Å². The molecule has 7 nitrogen and oxygen atoms in total. The Bertz CT molecular complexity index is 826. The number of hydrazine groups is 1. The molecular formula is C17H16FN3O4. The number of fused-ring (bicyclic) bond motifs is 1. The zero-order chi connectivity index (χ0) is 17.8. The summed E-state index contributed by atoms with van der Waals surface area (Å²) in [4.78, 5) is 23.7. The molecule has 0 saturated carbocycles. The lowest BCUT2D eigenvalue weighted by Crippen LogP contribution is -2.46. The fraction of sp³-hybridized carbons (Fsp3) is 0.176. The largest absolute Gasteiger partial charge is 0.454 e. The van der Waals surface area contributed by atoms with Crippen molar-refractivity contribution in [2.24, 2.45) is 0 Å². The number of hydrogen-bond acceptors (Lipinski definition) is 4. The summed E-state index contributed by atoms with van der Waals surface area (Å²) in [7, 11) is 0. The second-order valence-corrected chi connectivity index (χ2v) is 5.41. The molecule has 0 unspecified atom stereocenters. The van der Waals surface area contributed by atoms with Gasteiger partial charge in [0.2, 0.25) is 6.79 Å². The third kappa shape index (κ3) is 3.97. The van der Waals surface area contributed by atoms with Crippen LogP contribution in [0, 0.1) is 12.7 Å². The third-order valence-corrected chi connectivity index (χ3v) is 3.61. The van der Waals surface area contributed by atoms with Crippen molar-refractivity contribution in [3.05, 3.63) is 58.9 Å². The molecule has 0 spiro atoms. The normalized spacial score (nSPS) is 11.8. The Morgan fingerprint density at radius 1 is 1.08 bits per heavy atom. The van der Waals surface area contributed by atoms with Gasteiger partial charge in [-0.1, -0.05) is 12.1 Å². The number of rotatable bonds is 3. The first-order valence-electron chi connectivity index (χ1n) is 7.52. The van der Waals surface area contributed by atoms with Crippen molar-refractivity contribution in [3.63, 3.8) is 0 Å². The van der Waals surface area contributed by atoms with Crippen LogP contribution in [0.1, 0.15) is 21.5 Å².